The van der Waals surface area contributed by atoms with Gasteiger partial charge in [-0.15, -0.1) is 5.10 Å². The first-order chi connectivity index (χ1) is 14.9. The van der Waals surface area contributed by atoms with E-state index in [1.165, 1.54) is 7.11 Å². The zero-order chi connectivity index (χ0) is 22.4. The number of H-pyrrole nitrogens is 2. The van der Waals surface area contributed by atoms with Crippen molar-refractivity contribution in [3.63, 3.8) is 0 Å². The Morgan fingerprint density at radius 1 is 1.29 bits per heavy atom. The number of carbonyl (C=O) groups excluding carboxylic acids is 1. The first-order valence-corrected chi connectivity index (χ1v) is 10.3. The zero-order valence-corrected chi connectivity index (χ0v) is 18.0. The van der Waals surface area contributed by atoms with Crippen LogP contribution in [0.25, 0.3) is 0 Å². The molecule has 11 nitrogen and oxygen atoms in total. The molecule has 0 bridgehead atoms. The van der Waals surface area contributed by atoms with Gasteiger partial charge in [0.25, 0.3) is 5.56 Å². The SMILES string of the molecule is COCCn1c(N)c(C(=O)CSc2n[nH]c(COc3ccc(Cl)cc3)n2)c(=O)[nH]c1=O. The number of Topliss-reactive ketones (excluding diaryl/α,β-unsaturated/α-hetero) is 1. The third kappa shape index (κ3) is 5.75. The van der Waals surface area contributed by atoms with Crippen LogP contribution in [0.5, 0.6) is 5.75 Å². The number of hydrogen-bond donors (Lipinski definition) is 3. The molecule has 3 aromatic rings. The number of anilines is 1. The summed E-state index contributed by atoms with van der Waals surface area (Å²) < 4.78 is 11.6. The molecule has 0 radical (unpaired) electrons. The van der Waals surface area contributed by atoms with Crippen LogP contribution in [0, 0.1) is 0 Å². The van der Waals surface area contributed by atoms with Crippen LogP contribution in [0.1, 0.15) is 16.2 Å². The highest BCUT2D eigenvalue weighted by atomic mass is 35.5. The molecular weight excluding hydrogens is 448 g/mol. The minimum Gasteiger partial charge on any atom is -0.486 e. The molecule has 0 aliphatic carbocycles. The average Bonchev–Trinajstić information content (AvgIpc) is 3.19. The Balaban J connectivity index is 1.63. The molecule has 0 spiro atoms. The van der Waals surface area contributed by atoms with Crippen LogP contribution >= 0.6 is 23.4 Å². The van der Waals surface area contributed by atoms with E-state index in [-0.39, 0.29) is 36.9 Å². The molecule has 0 fully saturated rings. The van der Waals surface area contributed by atoms with Gasteiger partial charge < -0.3 is 15.2 Å². The average molecular weight is 467 g/mol. The van der Waals surface area contributed by atoms with Gasteiger partial charge in [-0.25, -0.2) is 9.78 Å². The molecule has 0 aliphatic rings. The number of rotatable bonds is 10. The van der Waals surface area contributed by atoms with Gasteiger partial charge in [0.1, 0.15) is 23.7 Å². The Kier molecular flexibility index (Phi) is 7.50. The molecule has 4 N–H and O–H groups in total. The van der Waals surface area contributed by atoms with Crippen LogP contribution in [-0.4, -0.2) is 50.0 Å². The summed E-state index contributed by atoms with van der Waals surface area (Å²) in [5.74, 6) is 0.159. The highest BCUT2D eigenvalue weighted by Gasteiger charge is 2.20. The van der Waals surface area contributed by atoms with E-state index in [0.717, 1.165) is 16.3 Å². The second-order valence-electron chi connectivity index (χ2n) is 6.18. The third-order valence-electron chi connectivity index (χ3n) is 4.07. The molecule has 31 heavy (non-hydrogen) atoms. The number of nitrogens with two attached hydrogens (primary N) is 1. The summed E-state index contributed by atoms with van der Waals surface area (Å²) in [4.78, 5) is 42.9. The van der Waals surface area contributed by atoms with Crippen molar-refractivity contribution in [1.29, 1.82) is 0 Å². The Labute approximate surface area is 184 Å². The number of nitrogen functional groups attached to an aromatic ring is 1. The summed E-state index contributed by atoms with van der Waals surface area (Å²) >= 11 is 6.85. The van der Waals surface area contributed by atoms with Gasteiger partial charge in [-0.3, -0.25) is 24.2 Å². The van der Waals surface area contributed by atoms with Gasteiger partial charge in [-0.1, -0.05) is 23.4 Å². The van der Waals surface area contributed by atoms with E-state index in [1.807, 2.05) is 0 Å². The maximum Gasteiger partial charge on any atom is 0.330 e. The molecule has 1 aromatic carbocycles. The third-order valence-corrected chi connectivity index (χ3v) is 5.17. The lowest BCUT2D eigenvalue weighted by Gasteiger charge is -2.11. The Bertz CT molecular complexity index is 1170. The minimum absolute atomic E-state index is 0.100. The number of nitrogens with zero attached hydrogens (tertiary/aromatic N) is 3. The van der Waals surface area contributed by atoms with Gasteiger partial charge >= 0.3 is 5.69 Å². The van der Waals surface area contributed by atoms with Crippen LogP contribution in [0.4, 0.5) is 5.82 Å². The van der Waals surface area contributed by atoms with Crippen molar-refractivity contribution < 1.29 is 14.3 Å². The molecule has 0 saturated heterocycles. The number of methoxy groups -OCH3 is 1. The van der Waals surface area contributed by atoms with Crippen molar-refractivity contribution in [3.05, 3.63) is 61.5 Å². The van der Waals surface area contributed by atoms with Crippen LogP contribution < -0.4 is 21.7 Å². The number of ether oxygens (including phenoxy) is 2. The molecule has 2 aromatic heterocycles. The number of benzene rings is 1. The molecule has 0 atom stereocenters. The molecule has 164 valence electrons. The highest BCUT2D eigenvalue weighted by Crippen LogP contribution is 2.18. The van der Waals surface area contributed by atoms with Gasteiger partial charge in [-0.2, -0.15) is 0 Å². The topological polar surface area (TPSA) is 158 Å². The lowest BCUT2D eigenvalue weighted by Crippen LogP contribution is -2.37. The van der Waals surface area contributed by atoms with Gasteiger partial charge in [0.2, 0.25) is 5.16 Å². The second-order valence-corrected chi connectivity index (χ2v) is 7.56. The van der Waals surface area contributed by atoms with E-state index in [4.69, 9.17) is 26.8 Å². The van der Waals surface area contributed by atoms with Crippen LogP contribution in [0.2, 0.25) is 5.02 Å². The summed E-state index contributed by atoms with van der Waals surface area (Å²) in [6.45, 7) is 0.431. The molecule has 0 saturated carbocycles. The molecular formula is C18H19ClN6O5S. The predicted octanol–water partition coefficient (Wildman–Crippen LogP) is 1.09. The van der Waals surface area contributed by atoms with Crippen molar-refractivity contribution in [1.82, 2.24) is 24.7 Å². The van der Waals surface area contributed by atoms with Crippen molar-refractivity contribution in [2.24, 2.45) is 0 Å². The van der Waals surface area contributed by atoms with E-state index >= 15 is 0 Å². The maximum absolute atomic E-state index is 12.6. The van der Waals surface area contributed by atoms with E-state index in [2.05, 4.69) is 20.2 Å². The van der Waals surface area contributed by atoms with E-state index in [0.29, 0.717) is 21.8 Å². The monoisotopic (exact) mass is 466 g/mol. The number of carbonyl (C=O) groups is 1. The second kappa shape index (κ2) is 10.3. The highest BCUT2D eigenvalue weighted by molar-refractivity contribution is 7.99. The number of aromatic amines is 2. The van der Waals surface area contributed by atoms with E-state index in [9.17, 15) is 14.4 Å². The number of thioether (sulfide) groups is 1. The number of halogens is 1. The molecule has 2 heterocycles. The Hall–Kier alpha value is -3.09. The zero-order valence-electron chi connectivity index (χ0n) is 16.4. The summed E-state index contributed by atoms with van der Waals surface area (Å²) in [5, 5.41) is 7.62. The summed E-state index contributed by atoms with van der Waals surface area (Å²) in [5.41, 5.74) is 4.07. The van der Waals surface area contributed by atoms with Gasteiger partial charge in [-0.05, 0) is 24.3 Å². The fourth-order valence-corrected chi connectivity index (χ4v) is 3.37. The van der Waals surface area contributed by atoms with Crippen LogP contribution in [-0.2, 0) is 17.9 Å². The molecule has 13 heteroatoms. The summed E-state index contributed by atoms with van der Waals surface area (Å²) in [6, 6.07) is 6.86. The Morgan fingerprint density at radius 3 is 2.74 bits per heavy atom. The number of nitrogens with one attached hydrogen (secondary N) is 2. The lowest BCUT2D eigenvalue weighted by atomic mass is 10.2. The number of ketones is 1. The standard InChI is InChI=1S/C18H19ClN6O5S/c1-29-7-6-25-15(20)14(16(27)22-18(25)28)12(26)9-31-17-21-13(23-24-17)8-30-11-4-2-10(19)3-5-11/h2-5H,6-9,20H2,1H3,(H,21,23,24)(H,22,27,28). The van der Waals surface area contributed by atoms with Crippen LogP contribution in [0.3, 0.4) is 0 Å². The summed E-state index contributed by atoms with van der Waals surface area (Å²) in [7, 11) is 1.46. The largest absolute Gasteiger partial charge is 0.486 e. The van der Waals surface area contributed by atoms with Crippen molar-refractivity contribution in [2.75, 3.05) is 25.2 Å². The number of hydrogen-bond acceptors (Lipinski definition) is 9. The quantitative estimate of drug-likeness (QED) is 0.293. The van der Waals surface area contributed by atoms with Crippen molar-refractivity contribution >= 4 is 35.0 Å². The molecule has 3 rings (SSSR count). The first-order valence-electron chi connectivity index (χ1n) is 8.96. The normalized spacial score (nSPS) is 10.9. The number of aromatic nitrogens is 5. The Morgan fingerprint density at radius 2 is 2.03 bits per heavy atom. The first kappa shape index (κ1) is 22.6. The minimum atomic E-state index is -0.839. The van der Waals surface area contributed by atoms with E-state index < -0.39 is 17.0 Å². The van der Waals surface area contributed by atoms with Crippen molar-refractivity contribution in [2.45, 2.75) is 18.3 Å². The molecule has 0 amide bonds. The van der Waals surface area contributed by atoms with Gasteiger partial charge in [0, 0.05) is 12.1 Å². The van der Waals surface area contributed by atoms with Crippen LogP contribution in [0.15, 0.2) is 39.0 Å². The smallest absolute Gasteiger partial charge is 0.330 e. The van der Waals surface area contributed by atoms with Gasteiger partial charge in [0.05, 0.1) is 18.9 Å². The van der Waals surface area contributed by atoms with E-state index in [1.54, 1.807) is 24.3 Å². The fourth-order valence-electron chi connectivity index (χ4n) is 2.55. The fraction of sp³-hybridized carbons (Fsp3) is 0.278. The molecule has 0 unspecified atom stereocenters. The van der Waals surface area contributed by atoms with Gasteiger partial charge in [0.15, 0.2) is 11.6 Å². The lowest BCUT2D eigenvalue weighted by molar-refractivity contribution is 0.102. The maximum atomic E-state index is 12.6. The molecule has 0 aliphatic heterocycles. The van der Waals surface area contributed by atoms with Crippen molar-refractivity contribution in [3.8, 4) is 5.75 Å². The predicted molar refractivity (Wildman–Crippen MR) is 115 cm³/mol. The summed E-state index contributed by atoms with van der Waals surface area (Å²) in [6.07, 6.45) is 0.